The van der Waals surface area contributed by atoms with Crippen molar-refractivity contribution in [2.75, 3.05) is 12.4 Å². The number of nitrogens with zero attached hydrogens (tertiary/aromatic N) is 1. The molecular formula is C22H22F6N2O4S. The van der Waals surface area contributed by atoms with Crippen molar-refractivity contribution < 1.29 is 44.3 Å². The fraction of sp³-hybridized carbons (Fsp3) is 0.455. The van der Waals surface area contributed by atoms with Crippen LogP contribution in [0.25, 0.3) is 0 Å². The van der Waals surface area contributed by atoms with E-state index < -0.39 is 40.3 Å². The Bertz CT molecular complexity index is 1130. The number of alkyl halides is 6. The standard InChI is InChI=1S/C22H22F6N2O4S/c23-21(24,25)13-34-19-9-6-15(11-29-19)20(31)30-17-7-4-14(5-8-17)12-35(32,33)18-3-1-2-16(10-18)22(26,27)28/h1-3,6,9-11,14,17H,4-5,7-8,12-13H2,(H,30,31)/t14-,17-. The second-order valence-corrected chi connectivity index (χ2v) is 10.3. The summed E-state index contributed by atoms with van der Waals surface area (Å²) in [4.78, 5) is 15.7. The molecule has 0 bridgehead atoms. The Balaban J connectivity index is 1.50. The average Bonchev–Trinajstić information content (AvgIpc) is 2.78. The Morgan fingerprint density at radius 1 is 1.03 bits per heavy atom. The highest BCUT2D eigenvalue weighted by atomic mass is 32.2. The third-order valence-corrected chi connectivity index (χ3v) is 7.42. The van der Waals surface area contributed by atoms with E-state index in [4.69, 9.17) is 0 Å². The van der Waals surface area contributed by atoms with Crippen LogP contribution in [0, 0.1) is 5.92 Å². The van der Waals surface area contributed by atoms with Crippen LogP contribution in [0.4, 0.5) is 26.3 Å². The molecule has 1 aliphatic carbocycles. The van der Waals surface area contributed by atoms with Gasteiger partial charge in [-0.2, -0.15) is 26.3 Å². The Morgan fingerprint density at radius 2 is 1.71 bits per heavy atom. The first kappa shape index (κ1) is 26.8. The quantitative estimate of drug-likeness (QED) is 0.526. The third-order valence-electron chi connectivity index (χ3n) is 5.54. The van der Waals surface area contributed by atoms with E-state index in [0.29, 0.717) is 31.7 Å². The minimum absolute atomic E-state index is 0.124. The molecule has 1 heterocycles. The average molecular weight is 524 g/mol. The molecule has 0 radical (unpaired) electrons. The van der Waals surface area contributed by atoms with Gasteiger partial charge in [0.15, 0.2) is 16.4 Å². The number of amides is 1. The second-order valence-electron chi connectivity index (χ2n) is 8.29. The minimum atomic E-state index is -4.65. The van der Waals surface area contributed by atoms with Gasteiger partial charge in [-0.3, -0.25) is 4.79 Å². The maximum atomic E-state index is 12.9. The maximum Gasteiger partial charge on any atom is 0.422 e. The lowest BCUT2D eigenvalue weighted by Gasteiger charge is -2.29. The van der Waals surface area contributed by atoms with Gasteiger partial charge in [-0.05, 0) is 55.9 Å². The molecule has 1 fully saturated rings. The largest absolute Gasteiger partial charge is 0.468 e. The molecule has 1 aromatic carbocycles. The van der Waals surface area contributed by atoms with E-state index in [2.05, 4.69) is 15.0 Å². The summed E-state index contributed by atoms with van der Waals surface area (Å²) in [5, 5.41) is 2.78. The number of carbonyl (C=O) groups is 1. The fourth-order valence-electron chi connectivity index (χ4n) is 3.77. The van der Waals surface area contributed by atoms with Crippen LogP contribution >= 0.6 is 0 Å². The van der Waals surface area contributed by atoms with Crippen molar-refractivity contribution >= 4 is 15.7 Å². The molecule has 1 aliphatic rings. The van der Waals surface area contributed by atoms with E-state index in [1.54, 1.807) is 0 Å². The van der Waals surface area contributed by atoms with Crippen molar-refractivity contribution in [2.45, 2.75) is 49.0 Å². The number of pyridine rings is 1. The van der Waals surface area contributed by atoms with Crippen LogP contribution in [0.2, 0.25) is 0 Å². The van der Waals surface area contributed by atoms with E-state index in [9.17, 15) is 39.6 Å². The summed E-state index contributed by atoms with van der Waals surface area (Å²) in [6.45, 7) is -1.50. The van der Waals surface area contributed by atoms with Crippen LogP contribution in [0.15, 0.2) is 47.5 Å². The van der Waals surface area contributed by atoms with Crippen molar-refractivity contribution in [3.63, 3.8) is 0 Å². The molecule has 13 heteroatoms. The zero-order chi connectivity index (χ0) is 25.9. The molecule has 6 nitrogen and oxygen atoms in total. The van der Waals surface area contributed by atoms with Crippen LogP contribution in [0.1, 0.15) is 41.6 Å². The lowest BCUT2D eigenvalue weighted by Crippen LogP contribution is -2.38. The Hall–Kier alpha value is -2.83. The molecule has 0 unspecified atom stereocenters. The SMILES string of the molecule is O=C(N[C@H]1CC[C@H](CS(=O)(=O)c2cccc(C(F)(F)F)c2)CC1)c1ccc(OCC(F)(F)F)nc1. The number of benzene rings is 1. The van der Waals surface area contributed by atoms with Crippen LogP contribution in [0.5, 0.6) is 5.88 Å². The molecule has 1 aromatic heterocycles. The van der Waals surface area contributed by atoms with Gasteiger partial charge in [0.25, 0.3) is 5.91 Å². The van der Waals surface area contributed by atoms with Crippen molar-refractivity contribution in [3.05, 3.63) is 53.7 Å². The minimum Gasteiger partial charge on any atom is -0.468 e. The Kier molecular flexibility index (Phi) is 7.97. The molecule has 0 aliphatic heterocycles. The number of aromatic nitrogens is 1. The van der Waals surface area contributed by atoms with Crippen molar-refractivity contribution in [1.82, 2.24) is 10.3 Å². The summed E-state index contributed by atoms with van der Waals surface area (Å²) >= 11 is 0. The van der Waals surface area contributed by atoms with Crippen molar-refractivity contribution in [3.8, 4) is 5.88 Å². The fourth-order valence-corrected chi connectivity index (χ4v) is 5.51. The van der Waals surface area contributed by atoms with E-state index in [-0.39, 0.29) is 34.1 Å². The summed E-state index contributed by atoms with van der Waals surface area (Å²) in [6, 6.07) is 5.82. The lowest BCUT2D eigenvalue weighted by molar-refractivity contribution is -0.154. The van der Waals surface area contributed by atoms with Gasteiger partial charge < -0.3 is 10.1 Å². The van der Waals surface area contributed by atoms with Gasteiger partial charge in [0.1, 0.15) is 0 Å². The maximum absolute atomic E-state index is 12.9. The first-order valence-electron chi connectivity index (χ1n) is 10.6. The van der Waals surface area contributed by atoms with E-state index in [0.717, 1.165) is 30.5 Å². The number of carbonyl (C=O) groups excluding carboxylic acids is 1. The van der Waals surface area contributed by atoms with Gasteiger partial charge in [0.2, 0.25) is 5.88 Å². The van der Waals surface area contributed by atoms with Crippen LogP contribution in [0.3, 0.4) is 0 Å². The van der Waals surface area contributed by atoms with Gasteiger partial charge in [-0.1, -0.05) is 6.07 Å². The zero-order valence-corrected chi connectivity index (χ0v) is 19.0. The molecule has 0 saturated heterocycles. The molecule has 0 atom stereocenters. The highest BCUT2D eigenvalue weighted by molar-refractivity contribution is 7.91. The number of hydrogen-bond donors (Lipinski definition) is 1. The predicted octanol–water partition coefficient (Wildman–Crippen LogP) is 4.80. The summed E-state index contributed by atoms with van der Waals surface area (Å²) in [5.74, 6) is -1.33. The third kappa shape index (κ3) is 7.84. The normalized spacial score (nSPS) is 19.3. The first-order valence-corrected chi connectivity index (χ1v) is 12.2. The van der Waals surface area contributed by atoms with E-state index >= 15 is 0 Å². The summed E-state index contributed by atoms with van der Waals surface area (Å²) in [6.07, 6.45) is -6.23. The smallest absolute Gasteiger partial charge is 0.422 e. The monoisotopic (exact) mass is 524 g/mol. The second kappa shape index (κ2) is 10.4. The number of nitrogens with one attached hydrogen (secondary N) is 1. The molecule has 3 rings (SSSR count). The topological polar surface area (TPSA) is 85.4 Å². The van der Waals surface area contributed by atoms with Crippen molar-refractivity contribution in [2.24, 2.45) is 5.92 Å². The molecular weight excluding hydrogens is 502 g/mol. The predicted molar refractivity (Wildman–Crippen MR) is 112 cm³/mol. The number of hydrogen-bond acceptors (Lipinski definition) is 5. The summed E-state index contributed by atoms with van der Waals surface area (Å²) < 4.78 is 105. The number of sulfone groups is 1. The molecule has 2 aromatic rings. The molecule has 192 valence electrons. The Labute approximate surface area is 197 Å². The van der Waals surface area contributed by atoms with E-state index in [1.165, 1.54) is 6.07 Å². The molecule has 0 spiro atoms. The van der Waals surface area contributed by atoms with E-state index in [1.807, 2.05) is 0 Å². The number of ether oxygens (including phenoxy) is 1. The molecule has 1 saturated carbocycles. The van der Waals surface area contributed by atoms with Crippen molar-refractivity contribution in [1.29, 1.82) is 0 Å². The number of halogens is 6. The molecule has 1 amide bonds. The van der Waals surface area contributed by atoms with Gasteiger partial charge >= 0.3 is 12.4 Å². The highest BCUT2D eigenvalue weighted by Crippen LogP contribution is 2.32. The zero-order valence-electron chi connectivity index (χ0n) is 18.2. The number of rotatable bonds is 7. The van der Waals surface area contributed by atoms with Crippen LogP contribution in [-0.2, 0) is 16.0 Å². The highest BCUT2D eigenvalue weighted by Gasteiger charge is 2.33. The first-order chi connectivity index (χ1) is 16.2. The molecule has 1 N–H and O–H groups in total. The van der Waals surface area contributed by atoms with Gasteiger partial charge in [-0.15, -0.1) is 0 Å². The molecule has 35 heavy (non-hydrogen) atoms. The Morgan fingerprint density at radius 3 is 2.29 bits per heavy atom. The van der Waals surface area contributed by atoms with Gasteiger partial charge in [0, 0.05) is 18.3 Å². The van der Waals surface area contributed by atoms with Gasteiger partial charge in [0.05, 0.1) is 21.8 Å². The summed E-state index contributed by atoms with van der Waals surface area (Å²) in [5.41, 5.74) is -0.905. The van der Waals surface area contributed by atoms with Crippen LogP contribution in [-0.4, -0.2) is 43.9 Å². The summed E-state index contributed by atoms with van der Waals surface area (Å²) in [7, 11) is -3.92. The lowest BCUT2D eigenvalue weighted by atomic mass is 9.87. The van der Waals surface area contributed by atoms with Gasteiger partial charge in [-0.25, -0.2) is 13.4 Å². The van der Waals surface area contributed by atoms with Crippen LogP contribution < -0.4 is 10.1 Å².